The average molecular weight is 552 g/mol. The number of hydrogen-bond acceptors (Lipinski definition) is 6. The van der Waals surface area contributed by atoms with Crippen LogP contribution in [-0.2, 0) is 9.59 Å². The van der Waals surface area contributed by atoms with Crippen molar-refractivity contribution in [3.63, 3.8) is 0 Å². The largest absolute Gasteiger partial charge is 0.319 e. The molecule has 1 fully saturated rings. The third-order valence-corrected chi connectivity index (χ3v) is 8.97. The molecule has 0 bridgehead atoms. The normalized spacial score (nSPS) is 16.2. The van der Waals surface area contributed by atoms with Crippen LogP contribution in [0.25, 0.3) is 20.8 Å². The van der Waals surface area contributed by atoms with E-state index in [1.807, 2.05) is 73.0 Å². The molecular weight excluding hydrogens is 526 g/mol. The summed E-state index contributed by atoms with van der Waals surface area (Å²) in [5, 5.41) is 2.71. The van der Waals surface area contributed by atoms with Gasteiger partial charge in [0.1, 0.15) is 11.0 Å². The molecule has 2 aromatic heterocycles. The lowest BCUT2D eigenvalue weighted by molar-refractivity contribution is -0.122. The summed E-state index contributed by atoms with van der Waals surface area (Å²) < 4.78 is 1.12. The number of carbonyl (C=O) groups excluding carboxylic acids is 3. The molecule has 2 unspecified atom stereocenters. The van der Waals surface area contributed by atoms with Gasteiger partial charge < -0.3 is 4.90 Å². The number of amides is 3. The fourth-order valence-corrected chi connectivity index (χ4v) is 6.76. The highest BCUT2D eigenvalue weighted by Gasteiger charge is 2.46. The Morgan fingerprint density at radius 1 is 1.00 bits per heavy atom. The molecule has 3 aromatic carbocycles. The maximum atomic E-state index is 13.8. The third kappa shape index (κ3) is 4.66. The molecule has 39 heavy (non-hydrogen) atoms. The molecule has 194 valence electrons. The summed E-state index contributed by atoms with van der Waals surface area (Å²) in [7, 11) is 0. The number of imide groups is 1. The number of fused-ring (bicyclic) bond motifs is 1. The molecule has 5 aromatic rings. The van der Waals surface area contributed by atoms with Crippen LogP contribution in [0, 0.1) is 6.92 Å². The first-order valence-corrected chi connectivity index (χ1v) is 14.4. The van der Waals surface area contributed by atoms with Crippen LogP contribution in [0.15, 0.2) is 90.3 Å². The Labute approximate surface area is 234 Å². The maximum Gasteiger partial charge on any atom is 0.265 e. The highest BCUT2D eigenvalue weighted by Crippen LogP contribution is 2.35. The third-order valence-electron chi connectivity index (χ3n) is 7.04. The van der Waals surface area contributed by atoms with E-state index >= 15 is 0 Å². The molecule has 1 aliphatic heterocycles. The zero-order valence-electron chi connectivity index (χ0n) is 21.4. The van der Waals surface area contributed by atoms with E-state index in [1.165, 1.54) is 21.8 Å². The van der Waals surface area contributed by atoms with E-state index in [-0.39, 0.29) is 18.2 Å². The number of benzene rings is 3. The van der Waals surface area contributed by atoms with E-state index < -0.39 is 18.0 Å². The van der Waals surface area contributed by atoms with Crippen molar-refractivity contribution in [1.82, 2.24) is 9.88 Å². The van der Waals surface area contributed by atoms with E-state index in [4.69, 9.17) is 4.98 Å². The topological polar surface area (TPSA) is 70.6 Å². The van der Waals surface area contributed by atoms with Gasteiger partial charge in [0.2, 0.25) is 5.91 Å². The van der Waals surface area contributed by atoms with Crippen molar-refractivity contribution in [2.24, 2.45) is 0 Å². The fraction of sp³-hybridized carbons (Fsp3) is 0.161. The van der Waals surface area contributed by atoms with Crippen LogP contribution in [-0.4, -0.2) is 33.6 Å². The molecule has 0 radical (unpaired) electrons. The van der Waals surface area contributed by atoms with E-state index in [2.05, 4.69) is 13.0 Å². The van der Waals surface area contributed by atoms with Gasteiger partial charge in [-0.25, -0.2) is 9.88 Å². The lowest BCUT2D eigenvalue weighted by atomic mass is 10.0. The number of aryl methyl sites for hydroxylation is 1. The van der Waals surface area contributed by atoms with Crippen LogP contribution in [0.2, 0.25) is 0 Å². The Morgan fingerprint density at radius 2 is 1.77 bits per heavy atom. The lowest BCUT2D eigenvalue weighted by Crippen LogP contribution is -2.46. The second-order valence-electron chi connectivity index (χ2n) is 9.60. The van der Waals surface area contributed by atoms with Crippen molar-refractivity contribution in [3.8, 4) is 10.6 Å². The van der Waals surface area contributed by atoms with Gasteiger partial charge in [-0.05, 0) is 72.8 Å². The second kappa shape index (κ2) is 10.2. The number of nitrogens with zero attached hydrogens (tertiary/aromatic N) is 3. The molecule has 8 heteroatoms. The zero-order chi connectivity index (χ0) is 27.1. The standard InChI is InChI=1S/C31H25N3O3S2/c1-19-10-15-24-27(17-19)39-29(32-24)22-11-13-23(14-12-22)34-28(35)18-25(30(34)36)33(31(37)26-9-6-16-38-26)20(2)21-7-4-3-5-8-21/h3-17,20,25H,18H2,1-2H3. The highest BCUT2D eigenvalue weighted by atomic mass is 32.1. The van der Waals surface area contributed by atoms with E-state index in [9.17, 15) is 14.4 Å². The molecule has 6 nitrogen and oxygen atoms in total. The van der Waals surface area contributed by atoms with Gasteiger partial charge in [0, 0.05) is 5.56 Å². The van der Waals surface area contributed by atoms with Gasteiger partial charge in [-0.15, -0.1) is 22.7 Å². The van der Waals surface area contributed by atoms with Crippen LogP contribution in [0.3, 0.4) is 0 Å². The van der Waals surface area contributed by atoms with Gasteiger partial charge >= 0.3 is 0 Å². The summed E-state index contributed by atoms with van der Waals surface area (Å²) in [5.41, 5.74) is 4.43. The number of anilines is 1. The number of thiazole rings is 1. The van der Waals surface area contributed by atoms with Crippen molar-refractivity contribution in [1.29, 1.82) is 0 Å². The summed E-state index contributed by atoms with van der Waals surface area (Å²) in [6.45, 7) is 3.95. The van der Waals surface area contributed by atoms with Gasteiger partial charge in [-0.2, -0.15) is 0 Å². The predicted molar refractivity (Wildman–Crippen MR) is 156 cm³/mol. The Hall–Kier alpha value is -4.14. The van der Waals surface area contributed by atoms with Crippen molar-refractivity contribution in [2.45, 2.75) is 32.4 Å². The molecule has 2 atom stereocenters. The fourth-order valence-electron chi connectivity index (χ4n) is 5.02. The second-order valence-corrected chi connectivity index (χ2v) is 11.6. The SMILES string of the molecule is Cc1ccc2nc(-c3ccc(N4C(=O)CC(N(C(=O)c5cccs5)C(C)c5ccccc5)C4=O)cc3)sc2c1. The molecule has 1 aliphatic rings. The molecule has 0 saturated carbocycles. The van der Waals surface area contributed by atoms with Crippen LogP contribution >= 0.6 is 22.7 Å². The first-order valence-electron chi connectivity index (χ1n) is 12.7. The number of aromatic nitrogens is 1. The van der Waals surface area contributed by atoms with Crippen molar-refractivity contribution < 1.29 is 14.4 Å². The van der Waals surface area contributed by atoms with Crippen LogP contribution in [0.5, 0.6) is 0 Å². The molecule has 0 N–H and O–H groups in total. The molecule has 0 aliphatic carbocycles. The number of carbonyl (C=O) groups is 3. The van der Waals surface area contributed by atoms with Gasteiger partial charge in [-0.1, -0.05) is 42.5 Å². The minimum atomic E-state index is -0.894. The van der Waals surface area contributed by atoms with Gasteiger partial charge in [0.05, 0.1) is 33.2 Å². The zero-order valence-corrected chi connectivity index (χ0v) is 23.0. The Morgan fingerprint density at radius 3 is 2.49 bits per heavy atom. The highest BCUT2D eigenvalue weighted by molar-refractivity contribution is 7.21. The summed E-state index contributed by atoms with van der Waals surface area (Å²) in [5.74, 6) is -0.968. The Balaban J connectivity index is 1.30. The summed E-state index contributed by atoms with van der Waals surface area (Å²) >= 11 is 2.93. The first kappa shape index (κ1) is 25.2. The quantitative estimate of drug-likeness (QED) is 0.216. The lowest BCUT2D eigenvalue weighted by Gasteiger charge is -2.33. The first-order chi connectivity index (χ1) is 18.9. The number of hydrogen-bond donors (Lipinski definition) is 0. The van der Waals surface area contributed by atoms with Crippen molar-refractivity contribution in [3.05, 3.63) is 106 Å². The van der Waals surface area contributed by atoms with Crippen LogP contribution < -0.4 is 4.90 Å². The minimum Gasteiger partial charge on any atom is -0.319 e. The number of thiophene rings is 1. The molecule has 6 rings (SSSR count). The van der Waals surface area contributed by atoms with E-state index in [1.54, 1.807) is 34.4 Å². The molecule has 1 saturated heterocycles. The van der Waals surface area contributed by atoms with Crippen LogP contribution in [0.1, 0.15) is 40.2 Å². The van der Waals surface area contributed by atoms with Crippen LogP contribution in [0.4, 0.5) is 5.69 Å². The monoisotopic (exact) mass is 551 g/mol. The minimum absolute atomic E-state index is 0.0634. The van der Waals surface area contributed by atoms with Crippen molar-refractivity contribution >= 4 is 56.3 Å². The number of rotatable bonds is 6. The van der Waals surface area contributed by atoms with E-state index in [0.29, 0.717) is 10.6 Å². The molecule has 3 heterocycles. The summed E-state index contributed by atoms with van der Waals surface area (Å²) in [6, 6.07) is 25.3. The summed E-state index contributed by atoms with van der Waals surface area (Å²) in [4.78, 5) is 48.7. The van der Waals surface area contributed by atoms with Gasteiger partial charge in [0.25, 0.3) is 11.8 Å². The summed E-state index contributed by atoms with van der Waals surface area (Å²) in [6.07, 6.45) is -0.0634. The molecule has 3 amide bonds. The maximum absolute atomic E-state index is 13.8. The average Bonchev–Trinajstić information content (AvgIpc) is 3.69. The Kier molecular flexibility index (Phi) is 6.58. The molecular formula is C31H25N3O3S2. The van der Waals surface area contributed by atoms with Gasteiger partial charge in [0.15, 0.2) is 0 Å². The Bertz CT molecular complexity index is 1680. The smallest absolute Gasteiger partial charge is 0.265 e. The predicted octanol–water partition coefficient (Wildman–Crippen LogP) is 6.87. The van der Waals surface area contributed by atoms with E-state index in [0.717, 1.165) is 26.4 Å². The van der Waals surface area contributed by atoms with Gasteiger partial charge in [-0.3, -0.25) is 14.4 Å². The van der Waals surface area contributed by atoms with Crippen molar-refractivity contribution in [2.75, 3.05) is 4.90 Å². The molecule has 0 spiro atoms.